The van der Waals surface area contributed by atoms with E-state index in [0.29, 0.717) is 12.1 Å². The van der Waals surface area contributed by atoms with Gasteiger partial charge in [0, 0.05) is 17.4 Å². The van der Waals surface area contributed by atoms with Gasteiger partial charge in [0.2, 0.25) is 11.7 Å². The standard InChI is InChI=1S/C11H9F3N2O4/c1-6(17)15-9-3-2-7(11(12,13)14)4-8(9)10(18)5-16(19)20/h2-4H,5H2,1H3,(H,15,17). The van der Waals surface area contributed by atoms with E-state index in [0.717, 1.165) is 13.0 Å². The molecule has 1 amide bonds. The molecule has 9 heteroatoms. The lowest BCUT2D eigenvalue weighted by Gasteiger charge is -2.12. The highest BCUT2D eigenvalue weighted by atomic mass is 19.4. The first kappa shape index (κ1) is 15.6. The number of benzene rings is 1. The number of alkyl halides is 3. The third-order valence-electron chi connectivity index (χ3n) is 2.23. The fourth-order valence-electron chi connectivity index (χ4n) is 1.45. The zero-order valence-corrected chi connectivity index (χ0v) is 10.2. The second-order valence-electron chi connectivity index (χ2n) is 3.85. The maximum atomic E-state index is 12.6. The minimum absolute atomic E-state index is 0.197. The number of hydrogen-bond donors (Lipinski definition) is 1. The summed E-state index contributed by atoms with van der Waals surface area (Å²) in [5.41, 5.74) is -1.87. The van der Waals surface area contributed by atoms with Crippen molar-refractivity contribution in [2.75, 3.05) is 11.9 Å². The SMILES string of the molecule is CC(=O)Nc1ccc(C(F)(F)F)cc1C(=O)C[N+](=O)[O-]. The molecule has 0 radical (unpaired) electrons. The number of carbonyl (C=O) groups is 2. The van der Waals surface area contributed by atoms with Crippen LogP contribution in [-0.2, 0) is 11.0 Å². The van der Waals surface area contributed by atoms with E-state index < -0.39 is 40.5 Å². The lowest BCUT2D eigenvalue weighted by Crippen LogP contribution is -2.18. The van der Waals surface area contributed by atoms with Crippen LogP contribution in [0.2, 0.25) is 0 Å². The van der Waals surface area contributed by atoms with Crippen molar-refractivity contribution in [3.63, 3.8) is 0 Å². The fourth-order valence-corrected chi connectivity index (χ4v) is 1.45. The molecule has 6 nitrogen and oxygen atoms in total. The van der Waals surface area contributed by atoms with Crippen molar-refractivity contribution in [1.82, 2.24) is 0 Å². The summed E-state index contributed by atoms with van der Waals surface area (Å²) in [5.74, 6) is -1.73. The van der Waals surface area contributed by atoms with Crippen LogP contribution < -0.4 is 5.32 Å². The Morgan fingerprint density at radius 2 is 1.95 bits per heavy atom. The van der Waals surface area contributed by atoms with E-state index in [9.17, 15) is 32.9 Å². The molecule has 108 valence electrons. The first-order valence-electron chi connectivity index (χ1n) is 5.25. The number of amides is 1. The van der Waals surface area contributed by atoms with Gasteiger partial charge >= 0.3 is 6.18 Å². The molecule has 20 heavy (non-hydrogen) atoms. The maximum Gasteiger partial charge on any atom is 0.416 e. The Hall–Kier alpha value is -2.45. The van der Waals surface area contributed by atoms with Gasteiger partial charge in [-0.05, 0) is 18.2 Å². The van der Waals surface area contributed by atoms with Gasteiger partial charge in [-0.25, -0.2) is 0 Å². The zero-order valence-electron chi connectivity index (χ0n) is 10.2. The average Bonchev–Trinajstić information content (AvgIpc) is 2.25. The number of nitrogens with zero attached hydrogens (tertiary/aromatic N) is 1. The van der Waals surface area contributed by atoms with Crippen LogP contribution in [0.15, 0.2) is 18.2 Å². The van der Waals surface area contributed by atoms with Crippen LogP contribution in [0.3, 0.4) is 0 Å². The van der Waals surface area contributed by atoms with Crippen molar-refractivity contribution in [1.29, 1.82) is 0 Å². The Morgan fingerprint density at radius 3 is 2.40 bits per heavy atom. The molecule has 0 saturated heterocycles. The third-order valence-corrected chi connectivity index (χ3v) is 2.23. The summed E-state index contributed by atoms with van der Waals surface area (Å²) in [6.07, 6.45) is -4.70. The Labute approximate surface area is 110 Å². The lowest BCUT2D eigenvalue weighted by molar-refractivity contribution is -0.465. The van der Waals surface area contributed by atoms with E-state index in [1.165, 1.54) is 0 Å². The van der Waals surface area contributed by atoms with Crippen molar-refractivity contribution in [2.45, 2.75) is 13.1 Å². The van der Waals surface area contributed by atoms with E-state index in [-0.39, 0.29) is 5.69 Å². The second kappa shape index (κ2) is 5.68. The molecule has 0 fully saturated rings. The highest BCUT2D eigenvalue weighted by Gasteiger charge is 2.32. The number of carbonyl (C=O) groups excluding carboxylic acids is 2. The lowest BCUT2D eigenvalue weighted by atomic mass is 10.0. The average molecular weight is 290 g/mol. The third kappa shape index (κ3) is 4.04. The van der Waals surface area contributed by atoms with E-state index in [4.69, 9.17) is 0 Å². The zero-order chi connectivity index (χ0) is 15.5. The molecule has 0 aliphatic carbocycles. The molecule has 0 heterocycles. The van der Waals surface area contributed by atoms with E-state index in [1.807, 2.05) is 0 Å². The van der Waals surface area contributed by atoms with Gasteiger partial charge in [0.1, 0.15) is 0 Å². The fraction of sp³-hybridized carbons (Fsp3) is 0.273. The number of hydrogen-bond acceptors (Lipinski definition) is 4. The minimum Gasteiger partial charge on any atom is -0.326 e. The largest absolute Gasteiger partial charge is 0.416 e. The van der Waals surface area contributed by atoms with E-state index >= 15 is 0 Å². The smallest absolute Gasteiger partial charge is 0.326 e. The number of Topliss-reactive ketones (excluding diaryl/α,β-unsaturated/α-hetero) is 1. The van der Waals surface area contributed by atoms with Crippen LogP contribution in [-0.4, -0.2) is 23.2 Å². The number of ketones is 1. The number of nitrogens with one attached hydrogen (secondary N) is 1. The number of rotatable bonds is 4. The van der Waals surface area contributed by atoms with Gasteiger partial charge in [0.15, 0.2) is 0 Å². The number of halogens is 3. The molecule has 0 aliphatic heterocycles. The molecule has 0 aromatic heterocycles. The first-order valence-corrected chi connectivity index (χ1v) is 5.25. The molecule has 0 spiro atoms. The molecule has 1 N–H and O–H groups in total. The van der Waals surface area contributed by atoms with Crippen LogP contribution in [0.25, 0.3) is 0 Å². The molecular formula is C11H9F3N2O4. The Bertz CT molecular complexity index is 569. The summed E-state index contributed by atoms with van der Waals surface area (Å²) in [5, 5.41) is 12.4. The molecule has 1 rings (SSSR count). The van der Waals surface area contributed by atoms with Crippen molar-refractivity contribution < 1.29 is 27.7 Å². The summed E-state index contributed by atoms with van der Waals surface area (Å²) in [7, 11) is 0. The van der Waals surface area contributed by atoms with Crippen molar-refractivity contribution >= 4 is 17.4 Å². The number of nitro groups is 1. The summed E-state index contributed by atoms with van der Waals surface area (Å²) < 4.78 is 37.7. The first-order chi connectivity index (χ1) is 9.11. The quantitative estimate of drug-likeness (QED) is 0.522. The van der Waals surface area contributed by atoms with Gasteiger partial charge in [-0.2, -0.15) is 13.2 Å². The normalized spacial score (nSPS) is 11.0. The van der Waals surface area contributed by atoms with Crippen molar-refractivity contribution in [3.05, 3.63) is 39.4 Å². The summed E-state index contributed by atoms with van der Waals surface area (Å²) >= 11 is 0. The molecule has 0 saturated carbocycles. The van der Waals surface area contributed by atoms with Gasteiger partial charge in [-0.15, -0.1) is 0 Å². The predicted molar refractivity (Wildman–Crippen MR) is 61.9 cm³/mol. The van der Waals surface area contributed by atoms with Crippen molar-refractivity contribution in [2.24, 2.45) is 0 Å². The molecule has 0 aliphatic rings. The van der Waals surface area contributed by atoms with Gasteiger partial charge in [-0.1, -0.05) is 0 Å². The monoisotopic (exact) mass is 290 g/mol. The van der Waals surface area contributed by atoms with Gasteiger partial charge in [0.25, 0.3) is 6.54 Å². The van der Waals surface area contributed by atoms with Gasteiger partial charge < -0.3 is 5.32 Å². The maximum absolute atomic E-state index is 12.6. The summed E-state index contributed by atoms with van der Waals surface area (Å²) in [6.45, 7) is -0.0622. The number of anilines is 1. The Balaban J connectivity index is 3.29. The van der Waals surface area contributed by atoms with E-state index in [1.54, 1.807) is 0 Å². The van der Waals surface area contributed by atoms with Crippen LogP contribution in [0.1, 0.15) is 22.8 Å². The molecule has 1 aromatic rings. The summed E-state index contributed by atoms with van der Waals surface area (Å²) in [6, 6.07) is 2.04. The predicted octanol–water partition coefficient (Wildman–Crippen LogP) is 2.12. The Morgan fingerprint density at radius 1 is 1.35 bits per heavy atom. The summed E-state index contributed by atoms with van der Waals surface area (Å²) in [4.78, 5) is 31.8. The highest BCUT2D eigenvalue weighted by molar-refractivity contribution is 6.05. The van der Waals surface area contributed by atoms with E-state index in [2.05, 4.69) is 5.32 Å². The van der Waals surface area contributed by atoms with Crippen LogP contribution in [0.5, 0.6) is 0 Å². The second-order valence-corrected chi connectivity index (χ2v) is 3.85. The highest BCUT2D eigenvalue weighted by Crippen LogP contribution is 2.32. The minimum atomic E-state index is -4.70. The molecule has 0 unspecified atom stereocenters. The molecule has 1 aromatic carbocycles. The van der Waals surface area contributed by atoms with Crippen LogP contribution in [0.4, 0.5) is 18.9 Å². The molecule has 0 atom stereocenters. The van der Waals surface area contributed by atoms with Crippen LogP contribution >= 0.6 is 0 Å². The van der Waals surface area contributed by atoms with Gasteiger partial charge in [-0.3, -0.25) is 19.7 Å². The van der Waals surface area contributed by atoms with Crippen molar-refractivity contribution in [3.8, 4) is 0 Å². The topological polar surface area (TPSA) is 89.3 Å². The molecular weight excluding hydrogens is 281 g/mol. The van der Waals surface area contributed by atoms with Gasteiger partial charge in [0.05, 0.1) is 11.3 Å². The molecule has 0 bridgehead atoms. The van der Waals surface area contributed by atoms with Crippen LogP contribution in [0, 0.1) is 10.1 Å². The Kier molecular flexibility index (Phi) is 4.43.